The van der Waals surface area contributed by atoms with Crippen molar-refractivity contribution in [1.29, 1.82) is 0 Å². The summed E-state index contributed by atoms with van der Waals surface area (Å²) < 4.78 is 42.9. The van der Waals surface area contributed by atoms with Crippen molar-refractivity contribution < 1.29 is 17.9 Å². The maximum atomic E-state index is 12.7. The zero-order valence-corrected chi connectivity index (χ0v) is 9.68. The van der Waals surface area contributed by atoms with Gasteiger partial charge in [-0.05, 0) is 6.42 Å². The molecule has 94 valence electrons. The zero-order valence-electron chi connectivity index (χ0n) is 9.68. The van der Waals surface area contributed by atoms with Crippen molar-refractivity contribution in [2.75, 3.05) is 7.11 Å². The van der Waals surface area contributed by atoms with Crippen molar-refractivity contribution >= 4 is 5.90 Å². The van der Waals surface area contributed by atoms with E-state index in [9.17, 15) is 13.2 Å². The van der Waals surface area contributed by atoms with Crippen LogP contribution in [-0.2, 0) is 4.74 Å². The molecule has 0 fully saturated rings. The smallest absolute Gasteiger partial charge is 0.394 e. The van der Waals surface area contributed by atoms with Crippen LogP contribution in [0.25, 0.3) is 0 Å². The Hall–Kier alpha value is -0.740. The lowest BCUT2D eigenvalue weighted by atomic mass is 9.94. The van der Waals surface area contributed by atoms with Crippen molar-refractivity contribution in [1.82, 2.24) is 0 Å². The summed E-state index contributed by atoms with van der Waals surface area (Å²) in [4.78, 5) is 4.00. The van der Waals surface area contributed by atoms with Crippen molar-refractivity contribution in [3.63, 3.8) is 0 Å². The molecule has 1 aliphatic rings. The van der Waals surface area contributed by atoms with Gasteiger partial charge >= 0.3 is 6.18 Å². The molecule has 0 aromatic carbocycles. The molecule has 0 spiro atoms. The standard InChI is InChI=1S/C11H18F3NO/c1-3-4-5-6-9-8(11(12,13)14)7-10(15-9)16-2/h8-9H,3-7H2,1-2H3/t8-,9-/m1/s1. The van der Waals surface area contributed by atoms with Crippen LogP contribution in [0.1, 0.15) is 39.0 Å². The van der Waals surface area contributed by atoms with E-state index in [0.29, 0.717) is 6.42 Å². The van der Waals surface area contributed by atoms with Crippen LogP contribution in [0.5, 0.6) is 0 Å². The first-order chi connectivity index (χ1) is 7.49. The minimum Gasteiger partial charge on any atom is -0.484 e. The van der Waals surface area contributed by atoms with Crippen molar-refractivity contribution in [3.8, 4) is 0 Å². The van der Waals surface area contributed by atoms with Crippen molar-refractivity contribution in [2.45, 2.75) is 51.2 Å². The second-order valence-corrected chi connectivity index (χ2v) is 4.14. The highest BCUT2D eigenvalue weighted by atomic mass is 19.4. The summed E-state index contributed by atoms with van der Waals surface area (Å²) in [5, 5.41) is 0. The van der Waals surface area contributed by atoms with Gasteiger partial charge < -0.3 is 4.74 Å². The number of hydrogen-bond acceptors (Lipinski definition) is 2. The SMILES string of the molecule is CCCCC[C@H]1N=C(OC)C[C@H]1C(F)(F)F. The van der Waals surface area contributed by atoms with E-state index >= 15 is 0 Å². The fourth-order valence-corrected chi connectivity index (χ4v) is 1.99. The maximum Gasteiger partial charge on any atom is 0.394 e. The van der Waals surface area contributed by atoms with Crippen LogP contribution >= 0.6 is 0 Å². The first kappa shape index (κ1) is 13.3. The van der Waals surface area contributed by atoms with Crippen LogP contribution in [0.3, 0.4) is 0 Å². The third-order valence-corrected chi connectivity index (χ3v) is 2.93. The Kier molecular flexibility index (Phi) is 4.62. The molecule has 2 atom stereocenters. The van der Waals surface area contributed by atoms with Crippen LogP contribution in [-0.4, -0.2) is 25.2 Å². The van der Waals surface area contributed by atoms with Crippen LogP contribution in [0, 0.1) is 5.92 Å². The number of methoxy groups -OCH3 is 1. The molecule has 1 rings (SSSR count). The van der Waals surface area contributed by atoms with E-state index in [1.165, 1.54) is 7.11 Å². The van der Waals surface area contributed by atoms with Gasteiger partial charge in [0.25, 0.3) is 0 Å². The molecular weight excluding hydrogens is 219 g/mol. The molecule has 0 saturated carbocycles. The Labute approximate surface area is 93.9 Å². The molecule has 1 heterocycles. The number of rotatable bonds is 4. The first-order valence-electron chi connectivity index (χ1n) is 5.66. The second kappa shape index (κ2) is 5.55. The largest absolute Gasteiger partial charge is 0.484 e. The highest BCUT2D eigenvalue weighted by Crippen LogP contribution is 2.38. The van der Waals surface area contributed by atoms with E-state index in [1.54, 1.807) is 0 Å². The molecule has 16 heavy (non-hydrogen) atoms. The Morgan fingerprint density at radius 2 is 2.06 bits per heavy atom. The minimum atomic E-state index is -4.17. The van der Waals surface area contributed by atoms with Gasteiger partial charge in [0.05, 0.1) is 19.1 Å². The second-order valence-electron chi connectivity index (χ2n) is 4.14. The Balaban J connectivity index is 2.57. The molecule has 0 amide bonds. The van der Waals surface area contributed by atoms with E-state index in [2.05, 4.69) is 4.99 Å². The molecule has 0 N–H and O–H groups in total. The summed E-state index contributed by atoms with van der Waals surface area (Å²) >= 11 is 0. The number of hydrogen-bond donors (Lipinski definition) is 0. The molecule has 0 aliphatic carbocycles. The van der Waals surface area contributed by atoms with E-state index in [4.69, 9.17) is 4.74 Å². The molecule has 0 saturated heterocycles. The van der Waals surface area contributed by atoms with Gasteiger partial charge in [-0.3, -0.25) is 4.99 Å². The fourth-order valence-electron chi connectivity index (χ4n) is 1.99. The lowest BCUT2D eigenvalue weighted by Gasteiger charge is -2.20. The van der Waals surface area contributed by atoms with Crippen LogP contribution in [0.2, 0.25) is 0 Å². The molecule has 0 aromatic heterocycles. The molecule has 0 unspecified atom stereocenters. The van der Waals surface area contributed by atoms with Crippen molar-refractivity contribution in [3.05, 3.63) is 0 Å². The van der Waals surface area contributed by atoms with Gasteiger partial charge in [0.2, 0.25) is 0 Å². The summed E-state index contributed by atoms with van der Waals surface area (Å²) in [7, 11) is 1.38. The highest BCUT2D eigenvalue weighted by molar-refractivity contribution is 5.78. The maximum absolute atomic E-state index is 12.7. The van der Waals surface area contributed by atoms with E-state index in [-0.39, 0.29) is 12.3 Å². The van der Waals surface area contributed by atoms with Crippen LogP contribution < -0.4 is 0 Å². The van der Waals surface area contributed by atoms with Gasteiger partial charge in [-0.15, -0.1) is 0 Å². The first-order valence-corrected chi connectivity index (χ1v) is 5.66. The summed E-state index contributed by atoms with van der Waals surface area (Å²) in [5.74, 6) is -1.11. The normalized spacial score (nSPS) is 25.7. The summed E-state index contributed by atoms with van der Waals surface area (Å²) in [6.45, 7) is 2.03. The molecule has 0 aromatic rings. The summed E-state index contributed by atoms with van der Waals surface area (Å²) in [6, 6.07) is -0.638. The van der Waals surface area contributed by atoms with Gasteiger partial charge in [0, 0.05) is 6.42 Å². The molecule has 0 radical (unpaired) electrons. The zero-order chi connectivity index (χ0) is 12.2. The highest BCUT2D eigenvalue weighted by Gasteiger charge is 2.48. The average molecular weight is 237 g/mol. The number of ether oxygens (including phenoxy) is 1. The summed E-state index contributed by atoms with van der Waals surface area (Å²) in [6.07, 6.45) is -1.00. The number of unbranched alkanes of at least 4 members (excludes halogenated alkanes) is 2. The van der Waals surface area contributed by atoms with Gasteiger partial charge in [-0.1, -0.05) is 26.2 Å². The van der Waals surface area contributed by atoms with Crippen LogP contribution in [0.15, 0.2) is 4.99 Å². The topological polar surface area (TPSA) is 21.6 Å². The number of alkyl halides is 3. The Morgan fingerprint density at radius 3 is 2.56 bits per heavy atom. The van der Waals surface area contributed by atoms with Crippen molar-refractivity contribution in [2.24, 2.45) is 10.9 Å². The van der Waals surface area contributed by atoms with E-state index in [1.807, 2.05) is 6.92 Å². The molecule has 2 nitrogen and oxygen atoms in total. The number of aliphatic imine (C=N–C) groups is 1. The third kappa shape index (κ3) is 3.39. The molecule has 1 aliphatic heterocycles. The van der Waals surface area contributed by atoms with E-state index < -0.39 is 18.1 Å². The number of nitrogens with zero attached hydrogens (tertiary/aromatic N) is 1. The molecule has 0 bridgehead atoms. The predicted octanol–water partition coefficient (Wildman–Crippen LogP) is 3.56. The fraction of sp³-hybridized carbons (Fsp3) is 0.909. The molecule has 5 heteroatoms. The lowest BCUT2D eigenvalue weighted by molar-refractivity contribution is -0.176. The Bertz CT molecular complexity index is 250. The van der Waals surface area contributed by atoms with Gasteiger partial charge in [0.1, 0.15) is 0 Å². The monoisotopic (exact) mass is 237 g/mol. The third-order valence-electron chi connectivity index (χ3n) is 2.93. The minimum absolute atomic E-state index is 0.100. The van der Waals surface area contributed by atoms with Gasteiger partial charge in [-0.25, -0.2) is 0 Å². The predicted molar refractivity (Wildman–Crippen MR) is 56.5 cm³/mol. The summed E-state index contributed by atoms with van der Waals surface area (Å²) in [5.41, 5.74) is 0. The van der Waals surface area contributed by atoms with Gasteiger partial charge in [0.15, 0.2) is 5.90 Å². The number of halogens is 3. The lowest BCUT2D eigenvalue weighted by Crippen LogP contribution is -2.30. The van der Waals surface area contributed by atoms with Crippen LogP contribution in [0.4, 0.5) is 13.2 Å². The van der Waals surface area contributed by atoms with Gasteiger partial charge in [-0.2, -0.15) is 13.2 Å². The Morgan fingerprint density at radius 1 is 1.38 bits per heavy atom. The quantitative estimate of drug-likeness (QED) is 0.685. The van der Waals surface area contributed by atoms with E-state index in [0.717, 1.165) is 19.3 Å². The average Bonchev–Trinajstić information content (AvgIpc) is 2.61. The molecular formula is C11H18F3NO.